The van der Waals surface area contributed by atoms with Crippen molar-refractivity contribution in [1.29, 1.82) is 0 Å². The predicted molar refractivity (Wildman–Crippen MR) is 77.6 cm³/mol. The number of rotatable bonds is 1. The van der Waals surface area contributed by atoms with E-state index in [1.165, 1.54) is 6.42 Å². The van der Waals surface area contributed by atoms with Crippen molar-refractivity contribution in [1.82, 2.24) is 4.90 Å². The SMILES string of the molecule is CC1CC(C)CN(C(=O)c2cc(S)ccc2Cl)C1. The van der Waals surface area contributed by atoms with Crippen molar-refractivity contribution < 1.29 is 4.79 Å². The summed E-state index contributed by atoms with van der Waals surface area (Å²) in [5.41, 5.74) is 0.561. The molecule has 98 valence electrons. The molecule has 2 nitrogen and oxygen atoms in total. The van der Waals surface area contributed by atoms with E-state index in [0.29, 0.717) is 22.4 Å². The van der Waals surface area contributed by atoms with Crippen molar-refractivity contribution in [2.75, 3.05) is 13.1 Å². The van der Waals surface area contributed by atoms with E-state index in [2.05, 4.69) is 26.5 Å². The Labute approximate surface area is 119 Å². The van der Waals surface area contributed by atoms with Crippen molar-refractivity contribution in [2.45, 2.75) is 25.2 Å². The summed E-state index contributed by atoms with van der Waals surface area (Å²) in [7, 11) is 0. The summed E-state index contributed by atoms with van der Waals surface area (Å²) in [5.74, 6) is 1.13. The Bertz CT molecular complexity index is 453. The van der Waals surface area contributed by atoms with Crippen LogP contribution in [-0.4, -0.2) is 23.9 Å². The molecule has 1 aromatic carbocycles. The lowest BCUT2D eigenvalue weighted by Crippen LogP contribution is -2.42. The molecular formula is C14H18ClNOS. The maximum absolute atomic E-state index is 12.5. The zero-order valence-electron chi connectivity index (χ0n) is 10.7. The number of benzene rings is 1. The third kappa shape index (κ3) is 3.01. The van der Waals surface area contributed by atoms with Crippen LogP contribution in [0.3, 0.4) is 0 Å². The molecule has 0 saturated carbocycles. The fourth-order valence-electron chi connectivity index (χ4n) is 2.68. The fourth-order valence-corrected chi connectivity index (χ4v) is 3.08. The zero-order valence-corrected chi connectivity index (χ0v) is 12.3. The molecule has 2 atom stereocenters. The second kappa shape index (κ2) is 5.54. The first kappa shape index (κ1) is 13.8. The minimum Gasteiger partial charge on any atom is -0.338 e. The molecule has 0 radical (unpaired) electrons. The minimum absolute atomic E-state index is 0.0225. The van der Waals surface area contributed by atoms with Crippen molar-refractivity contribution in [3.8, 4) is 0 Å². The highest BCUT2D eigenvalue weighted by atomic mass is 35.5. The molecule has 0 N–H and O–H groups in total. The van der Waals surface area contributed by atoms with Gasteiger partial charge in [-0.25, -0.2) is 0 Å². The molecule has 1 aromatic rings. The smallest absolute Gasteiger partial charge is 0.255 e. The van der Waals surface area contributed by atoms with Gasteiger partial charge in [0, 0.05) is 18.0 Å². The Morgan fingerprint density at radius 2 is 1.94 bits per heavy atom. The van der Waals surface area contributed by atoms with Gasteiger partial charge in [-0.1, -0.05) is 25.4 Å². The lowest BCUT2D eigenvalue weighted by atomic mass is 9.91. The molecule has 1 fully saturated rings. The average Bonchev–Trinajstić information content (AvgIpc) is 2.30. The highest BCUT2D eigenvalue weighted by molar-refractivity contribution is 7.80. The highest BCUT2D eigenvalue weighted by Gasteiger charge is 2.27. The molecule has 1 amide bonds. The van der Waals surface area contributed by atoms with E-state index < -0.39 is 0 Å². The quantitative estimate of drug-likeness (QED) is 0.779. The van der Waals surface area contributed by atoms with E-state index in [1.807, 2.05) is 4.90 Å². The highest BCUT2D eigenvalue weighted by Crippen LogP contribution is 2.26. The van der Waals surface area contributed by atoms with Crippen molar-refractivity contribution in [3.63, 3.8) is 0 Å². The first-order valence-electron chi connectivity index (χ1n) is 6.25. The van der Waals surface area contributed by atoms with E-state index in [4.69, 9.17) is 11.6 Å². The number of carbonyl (C=O) groups excluding carboxylic acids is 1. The van der Waals surface area contributed by atoms with E-state index >= 15 is 0 Å². The Morgan fingerprint density at radius 3 is 2.56 bits per heavy atom. The van der Waals surface area contributed by atoms with Crippen LogP contribution in [0.2, 0.25) is 5.02 Å². The summed E-state index contributed by atoms with van der Waals surface area (Å²) >= 11 is 10.4. The zero-order chi connectivity index (χ0) is 13.3. The summed E-state index contributed by atoms with van der Waals surface area (Å²) in [4.78, 5) is 15.1. The van der Waals surface area contributed by atoms with Crippen LogP contribution < -0.4 is 0 Å². The summed E-state index contributed by atoms with van der Waals surface area (Å²) in [6, 6.07) is 5.27. The van der Waals surface area contributed by atoms with Crippen LogP contribution in [0, 0.1) is 11.8 Å². The van der Waals surface area contributed by atoms with Gasteiger partial charge in [-0.15, -0.1) is 12.6 Å². The second-order valence-corrected chi connectivity index (χ2v) is 6.24. The van der Waals surface area contributed by atoms with Gasteiger partial charge in [0.2, 0.25) is 0 Å². The van der Waals surface area contributed by atoms with Crippen LogP contribution in [0.25, 0.3) is 0 Å². The molecule has 18 heavy (non-hydrogen) atoms. The van der Waals surface area contributed by atoms with Crippen LogP contribution in [0.5, 0.6) is 0 Å². The Balaban J connectivity index is 2.22. The van der Waals surface area contributed by atoms with Gasteiger partial charge in [0.15, 0.2) is 0 Å². The first-order chi connectivity index (χ1) is 8.47. The summed E-state index contributed by atoms with van der Waals surface area (Å²) in [6.07, 6.45) is 1.18. The lowest BCUT2D eigenvalue weighted by Gasteiger charge is -2.35. The maximum Gasteiger partial charge on any atom is 0.255 e. The van der Waals surface area contributed by atoms with E-state index in [1.54, 1.807) is 18.2 Å². The number of hydrogen-bond acceptors (Lipinski definition) is 2. The van der Waals surface area contributed by atoms with Crippen LogP contribution in [0.4, 0.5) is 0 Å². The Morgan fingerprint density at radius 1 is 1.33 bits per heavy atom. The molecule has 1 aliphatic heterocycles. The number of piperidine rings is 1. The molecule has 0 aliphatic carbocycles. The van der Waals surface area contributed by atoms with Crippen LogP contribution >= 0.6 is 24.2 Å². The van der Waals surface area contributed by atoms with Crippen molar-refractivity contribution >= 4 is 30.1 Å². The van der Waals surface area contributed by atoms with Crippen LogP contribution in [0.15, 0.2) is 23.1 Å². The number of likely N-dealkylation sites (tertiary alicyclic amines) is 1. The van der Waals surface area contributed by atoms with E-state index in [-0.39, 0.29) is 5.91 Å². The molecule has 1 heterocycles. The van der Waals surface area contributed by atoms with Gasteiger partial charge >= 0.3 is 0 Å². The normalized spacial score (nSPS) is 24.1. The van der Waals surface area contributed by atoms with Crippen molar-refractivity contribution in [2.24, 2.45) is 11.8 Å². The summed E-state index contributed by atoms with van der Waals surface area (Å²) in [6.45, 7) is 6.01. The largest absolute Gasteiger partial charge is 0.338 e. The number of hydrogen-bond donors (Lipinski definition) is 1. The fraction of sp³-hybridized carbons (Fsp3) is 0.500. The predicted octanol–water partition coefficient (Wildman–Crippen LogP) is 3.75. The van der Waals surface area contributed by atoms with Gasteiger partial charge in [-0.2, -0.15) is 0 Å². The average molecular weight is 284 g/mol. The topological polar surface area (TPSA) is 20.3 Å². The van der Waals surface area contributed by atoms with Gasteiger partial charge in [-0.3, -0.25) is 4.79 Å². The standard InChI is InChI=1S/C14H18ClNOS/c1-9-5-10(2)8-16(7-9)14(17)12-6-11(18)3-4-13(12)15/h3-4,6,9-10,18H,5,7-8H2,1-2H3. The van der Waals surface area contributed by atoms with Gasteiger partial charge in [0.25, 0.3) is 5.91 Å². The molecule has 0 bridgehead atoms. The van der Waals surface area contributed by atoms with Gasteiger partial charge in [0.05, 0.1) is 10.6 Å². The molecule has 4 heteroatoms. The van der Waals surface area contributed by atoms with Gasteiger partial charge < -0.3 is 4.90 Å². The number of halogens is 1. The maximum atomic E-state index is 12.5. The minimum atomic E-state index is 0.0225. The number of carbonyl (C=O) groups is 1. The number of nitrogens with zero attached hydrogens (tertiary/aromatic N) is 1. The van der Waals surface area contributed by atoms with E-state index in [0.717, 1.165) is 18.0 Å². The van der Waals surface area contributed by atoms with Crippen molar-refractivity contribution in [3.05, 3.63) is 28.8 Å². The van der Waals surface area contributed by atoms with Gasteiger partial charge in [-0.05, 0) is 36.5 Å². The molecule has 1 saturated heterocycles. The molecule has 0 aromatic heterocycles. The summed E-state index contributed by atoms with van der Waals surface area (Å²) < 4.78 is 0. The molecule has 2 rings (SSSR count). The Kier molecular flexibility index (Phi) is 4.23. The third-order valence-electron chi connectivity index (χ3n) is 3.34. The molecule has 1 aliphatic rings. The summed E-state index contributed by atoms with van der Waals surface area (Å²) in [5, 5.41) is 0.503. The van der Waals surface area contributed by atoms with Gasteiger partial charge in [0.1, 0.15) is 0 Å². The molecular weight excluding hydrogens is 266 g/mol. The Hall–Kier alpha value is -0.670. The molecule has 0 spiro atoms. The van der Waals surface area contributed by atoms with Crippen LogP contribution in [0.1, 0.15) is 30.6 Å². The van der Waals surface area contributed by atoms with E-state index in [9.17, 15) is 4.79 Å². The second-order valence-electron chi connectivity index (χ2n) is 5.32. The monoisotopic (exact) mass is 283 g/mol. The third-order valence-corrected chi connectivity index (χ3v) is 3.94. The first-order valence-corrected chi connectivity index (χ1v) is 7.07. The van der Waals surface area contributed by atoms with Crippen LogP contribution in [-0.2, 0) is 0 Å². The number of thiol groups is 1. The lowest BCUT2D eigenvalue weighted by molar-refractivity contribution is 0.0623. The molecule has 2 unspecified atom stereocenters. The number of amides is 1.